The number of nitrogens with one attached hydrogen (secondary N) is 1. The lowest BCUT2D eigenvalue weighted by molar-refractivity contribution is 0.158. The number of amides is 2. The summed E-state index contributed by atoms with van der Waals surface area (Å²) < 4.78 is 1.80. The first-order chi connectivity index (χ1) is 13.8. The van der Waals surface area contributed by atoms with Crippen LogP contribution in [-0.4, -0.2) is 38.3 Å². The predicted octanol–water partition coefficient (Wildman–Crippen LogP) is 4.29. The van der Waals surface area contributed by atoms with Gasteiger partial charge in [0.25, 0.3) is 0 Å². The van der Waals surface area contributed by atoms with Crippen LogP contribution in [0.3, 0.4) is 0 Å². The van der Waals surface area contributed by atoms with E-state index >= 15 is 0 Å². The van der Waals surface area contributed by atoms with Crippen LogP contribution >= 0.6 is 0 Å². The van der Waals surface area contributed by atoms with Crippen molar-refractivity contribution in [1.82, 2.24) is 19.7 Å². The van der Waals surface area contributed by atoms with E-state index in [1.807, 2.05) is 65.8 Å². The van der Waals surface area contributed by atoms with Gasteiger partial charge in [-0.25, -0.2) is 9.48 Å². The number of anilines is 1. The molecule has 0 aliphatic carbocycles. The molecule has 4 rings (SSSR count). The number of piperidine rings is 1. The van der Waals surface area contributed by atoms with E-state index in [9.17, 15) is 4.79 Å². The lowest BCUT2D eigenvalue weighted by Crippen LogP contribution is -2.46. The summed E-state index contributed by atoms with van der Waals surface area (Å²) in [6, 6.07) is 15.9. The monoisotopic (exact) mass is 375 g/mol. The molecule has 1 unspecified atom stereocenters. The molecule has 1 N–H and O–H groups in total. The largest absolute Gasteiger partial charge is 0.322 e. The Hall–Kier alpha value is -3.15. The van der Waals surface area contributed by atoms with Gasteiger partial charge in [0.15, 0.2) is 0 Å². The third-order valence-electron chi connectivity index (χ3n) is 5.24. The topological polar surface area (TPSA) is 63.1 Å². The fourth-order valence-corrected chi connectivity index (χ4v) is 3.74. The van der Waals surface area contributed by atoms with Crippen LogP contribution in [0, 0.1) is 0 Å². The maximum atomic E-state index is 12.9. The summed E-state index contributed by atoms with van der Waals surface area (Å²) in [5.74, 6) is 0. The Bertz CT molecular complexity index is 877. The zero-order chi connectivity index (χ0) is 19.2. The van der Waals surface area contributed by atoms with Gasteiger partial charge in [0.1, 0.15) is 0 Å². The number of aryl methyl sites for hydroxylation is 1. The van der Waals surface area contributed by atoms with E-state index in [4.69, 9.17) is 0 Å². The fourth-order valence-electron chi connectivity index (χ4n) is 3.74. The lowest BCUT2D eigenvalue weighted by Gasteiger charge is -2.35. The number of benzene rings is 1. The zero-order valence-corrected chi connectivity index (χ0v) is 15.9. The van der Waals surface area contributed by atoms with Crippen molar-refractivity contribution in [2.24, 2.45) is 0 Å². The van der Waals surface area contributed by atoms with Crippen molar-refractivity contribution < 1.29 is 4.79 Å². The molecule has 1 aromatic carbocycles. The van der Waals surface area contributed by atoms with Gasteiger partial charge in [-0.2, -0.15) is 5.10 Å². The molecule has 0 radical (unpaired) electrons. The maximum absolute atomic E-state index is 12.9. The standard InChI is InChI=1S/C22H25N5O/c28-22(25-19-9-12-21(13-10-19)27-17-5-15-24-27)26-16-4-2-7-20(26)11-8-18-6-1-3-14-23-18/h1,3,5-6,9-10,12-15,17,20H,2,4,7-8,11,16H2,(H,25,28). The van der Waals surface area contributed by atoms with Gasteiger partial charge in [-0.3, -0.25) is 4.98 Å². The molecule has 144 valence electrons. The van der Waals surface area contributed by atoms with E-state index in [0.29, 0.717) is 0 Å². The number of nitrogens with zero attached hydrogens (tertiary/aromatic N) is 4. The summed E-state index contributed by atoms with van der Waals surface area (Å²) in [4.78, 5) is 19.3. The van der Waals surface area contributed by atoms with Crippen molar-refractivity contribution in [2.75, 3.05) is 11.9 Å². The number of rotatable bonds is 5. The van der Waals surface area contributed by atoms with E-state index in [0.717, 1.165) is 49.3 Å². The first kappa shape index (κ1) is 18.2. The number of hydrogen-bond acceptors (Lipinski definition) is 3. The van der Waals surface area contributed by atoms with Crippen LogP contribution in [0.25, 0.3) is 5.69 Å². The molecule has 28 heavy (non-hydrogen) atoms. The van der Waals surface area contributed by atoms with Crippen LogP contribution in [0.1, 0.15) is 31.4 Å². The lowest BCUT2D eigenvalue weighted by atomic mass is 9.97. The summed E-state index contributed by atoms with van der Waals surface area (Å²) in [5, 5.41) is 7.28. The van der Waals surface area contributed by atoms with Crippen molar-refractivity contribution in [3.05, 3.63) is 72.8 Å². The van der Waals surface area contributed by atoms with Crippen molar-refractivity contribution in [1.29, 1.82) is 0 Å². The molecular weight excluding hydrogens is 350 g/mol. The van der Waals surface area contributed by atoms with Crippen molar-refractivity contribution in [2.45, 2.75) is 38.1 Å². The van der Waals surface area contributed by atoms with Crippen LogP contribution < -0.4 is 5.32 Å². The van der Waals surface area contributed by atoms with E-state index in [1.165, 1.54) is 6.42 Å². The van der Waals surface area contributed by atoms with E-state index in [1.54, 1.807) is 10.9 Å². The van der Waals surface area contributed by atoms with Gasteiger partial charge in [-0.1, -0.05) is 6.07 Å². The van der Waals surface area contributed by atoms with Gasteiger partial charge in [-0.15, -0.1) is 0 Å². The highest BCUT2D eigenvalue weighted by Gasteiger charge is 2.26. The molecule has 6 heteroatoms. The van der Waals surface area contributed by atoms with E-state index < -0.39 is 0 Å². The average molecular weight is 375 g/mol. The third-order valence-corrected chi connectivity index (χ3v) is 5.24. The van der Waals surface area contributed by atoms with Crippen molar-refractivity contribution >= 4 is 11.7 Å². The first-order valence-corrected chi connectivity index (χ1v) is 9.87. The molecule has 2 amide bonds. The predicted molar refractivity (Wildman–Crippen MR) is 109 cm³/mol. The fraction of sp³-hybridized carbons (Fsp3) is 0.318. The second kappa shape index (κ2) is 8.69. The second-order valence-electron chi connectivity index (χ2n) is 7.13. The number of likely N-dealkylation sites (tertiary alicyclic amines) is 1. The summed E-state index contributed by atoms with van der Waals surface area (Å²) in [7, 11) is 0. The Labute approximate surface area is 165 Å². The van der Waals surface area contributed by atoms with Crippen LogP contribution in [0.15, 0.2) is 67.1 Å². The number of urea groups is 1. The zero-order valence-electron chi connectivity index (χ0n) is 15.9. The molecule has 0 saturated carbocycles. The SMILES string of the molecule is O=C(Nc1ccc(-n2cccn2)cc1)N1CCCCC1CCc1ccccn1. The van der Waals surface area contributed by atoms with Gasteiger partial charge in [-0.05, 0) is 74.6 Å². The van der Waals surface area contributed by atoms with Crippen LogP contribution in [-0.2, 0) is 6.42 Å². The van der Waals surface area contributed by atoms with Crippen molar-refractivity contribution in [3.63, 3.8) is 0 Å². The molecule has 1 saturated heterocycles. The molecule has 3 aromatic rings. The first-order valence-electron chi connectivity index (χ1n) is 9.87. The van der Waals surface area contributed by atoms with E-state index in [-0.39, 0.29) is 12.1 Å². The smallest absolute Gasteiger partial charge is 0.322 e. The second-order valence-corrected chi connectivity index (χ2v) is 7.13. The van der Waals surface area contributed by atoms with Gasteiger partial charge in [0, 0.05) is 42.6 Å². The number of aromatic nitrogens is 3. The molecule has 1 aliphatic heterocycles. The van der Waals surface area contributed by atoms with Gasteiger partial charge in [0.05, 0.1) is 5.69 Å². The minimum atomic E-state index is -0.0161. The highest BCUT2D eigenvalue weighted by molar-refractivity contribution is 5.89. The highest BCUT2D eigenvalue weighted by Crippen LogP contribution is 2.22. The molecule has 1 fully saturated rings. The highest BCUT2D eigenvalue weighted by atomic mass is 16.2. The number of carbonyl (C=O) groups is 1. The summed E-state index contributed by atoms with van der Waals surface area (Å²) in [6.45, 7) is 0.810. The van der Waals surface area contributed by atoms with Crippen LogP contribution in [0.5, 0.6) is 0 Å². The average Bonchev–Trinajstić information content (AvgIpc) is 3.29. The number of hydrogen-bond donors (Lipinski definition) is 1. The molecule has 0 bridgehead atoms. The quantitative estimate of drug-likeness (QED) is 0.724. The van der Waals surface area contributed by atoms with Gasteiger partial charge in [0.2, 0.25) is 0 Å². The molecule has 6 nitrogen and oxygen atoms in total. The van der Waals surface area contributed by atoms with Gasteiger partial charge < -0.3 is 10.2 Å². The molecule has 0 spiro atoms. The summed E-state index contributed by atoms with van der Waals surface area (Å²) in [6.07, 6.45) is 10.6. The van der Waals surface area contributed by atoms with Crippen LogP contribution in [0.2, 0.25) is 0 Å². The minimum absolute atomic E-state index is 0.0161. The molecule has 1 atom stereocenters. The third kappa shape index (κ3) is 4.39. The Balaban J connectivity index is 1.37. The Morgan fingerprint density at radius 2 is 1.96 bits per heavy atom. The maximum Gasteiger partial charge on any atom is 0.322 e. The summed E-state index contributed by atoms with van der Waals surface area (Å²) >= 11 is 0. The van der Waals surface area contributed by atoms with Gasteiger partial charge >= 0.3 is 6.03 Å². The molecular formula is C22H25N5O. The normalized spacial score (nSPS) is 16.7. The van der Waals surface area contributed by atoms with Crippen molar-refractivity contribution in [3.8, 4) is 5.69 Å². The summed E-state index contributed by atoms with van der Waals surface area (Å²) in [5.41, 5.74) is 2.85. The Kier molecular flexibility index (Phi) is 5.66. The molecule has 3 heterocycles. The Morgan fingerprint density at radius 3 is 2.71 bits per heavy atom. The molecule has 2 aromatic heterocycles. The van der Waals surface area contributed by atoms with Crippen LogP contribution in [0.4, 0.5) is 10.5 Å². The molecule has 1 aliphatic rings. The number of carbonyl (C=O) groups excluding carboxylic acids is 1. The minimum Gasteiger partial charge on any atom is -0.322 e. The Morgan fingerprint density at radius 1 is 1.07 bits per heavy atom. The number of pyridine rings is 1. The van der Waals surface area contributed by atoms with E-state index in [2.05, 4.69) is 15.4 Å².